The van der Waals surface area contributed by atoms with Crippen molar-refractivity contribution in [1.82, 2.24) is 10.3 Å². The fourth-order valence-electron chi connectivity index (χ4n) is 2.46. The summed E-state index contributed by atoms with van der Waals surface area (Å²) in [5, 5.41) is 3.54. The van der Waals surface area contributed by atoms with Gasteiger partial charge in [-0.05, 0) is 45.2 Å². The molecule has 1 saturated heterocycles. The zero-order chi connectivity index (χ0) is 14.6. The first-order valence-corrected chi connectivity index (χ1v) is 7.46. The van der Waals surface area contributed by atoms with E-state index in [9.17, 15) is 0 Å². The van der Waals surface area contributed by atoms with Crippen LogP contribution in [0.5, 0.6) is 0 Å². The molecule has 1 fully saturated rings. The Bertz CT molecular complexity index is 422. The van der Waals surface area contributed by atoms with Crippen LogP contribution in [-0.2, 0) is 11.3 Å². The highest BCUT2D eigenvalue weighted by atomic mass is 16.5. The van der Waals surface area contributed by atoms with Crippen LogP contribution in [0.1, 0.15) is 39.2 Å². The minimum absolute atomic E-state index is 0.119. The summed E-state index contributed by atoms with van der Waals surface area (Å²) in [5.74, 6) is 0. The van der Waals surface area contributed by atoms with E-state index in [4.69, 9.17) is 4.74 Å². The Morgan fingerprint density at radius 2 is 2.25 bits per heavy atom. The summed E-state index contributed by atoms with van der Waals surface area (Å²) in [7, 11) is 2.12. The molecule has 1 aromatic rings. The highest BCUT2D eigenvalue weighted by molar-refractivity contribution is 5.51. The SMILES string of the molecule is CN(CC1CCCO1)c1cnccc1CNC(C)(C)C. The Kier molecular flexibility index (Phi) is 5.00. The number of nitrogens with zero attached hydrogens (tertiary/aromatic N) is 2. The number of likely N-dealkylation sites (N-methyl/N-ethyl adjacent to an activating group) is 1. The van der Waals surface area contributed by atoms with E-state index in [1.165, 1.54) is 24.1 Å². The summed E-state index contributed by atoms with van der Waals surface area (Å²) < 4.78 is 5.72. The summed E-state index contributed by atoms with van der Waals surface area (Å²) in [6, 6.07) is 2.10. The van der Waals surface area contributed by atoms with E-state index in [-0.39, 0.29) is 5.54 Å². The molecule has 1 N–H and O–H groups in total. The van der Waals surface area contributed by atoms with Gasteiger partial charge in [-0.1, -0.05) is 0 Å². The van der Waals surface area contributed by atoms with Gasteiger partial charge in [-0.3, -0.25) is 4.98 Å². The summed E-state index contributed by atoms with van der Waals surface area (Å²) in [4.78, 5) is 6.54. The second kappa shape index (κ2) is 6.55. The van der Waals surface area contributed by atoms with E-state index < -0.39 is 0 Å². The molecule has 1 aliphatic rings. The van der Waals surface area contributed by atoms with Crippen molar-refractivity contribution in [3.8, 4) is 0 Å². The molecule has 1 aromatic heterocycles. The molecular formula is C16H27N3O. The number of rotatable bonds is 5. The van der Waals surface area contributed by atoms with E-state index in [1.54, 1.807) is 0 Å². The van der Waals surface area contributed by atoms with Crippen LogP contribution >= 0.6 is 0 Å². The van der Waals surface area contributed by atoms with E-state index in [0.29, 0.717) is 6.10 Å². The molecule has 112 valence electrons. The Morgan fingerprint density at radius 1 is 1.45 bits per heavy atom. The van der Waals surface area contributed by atoms with Crippen LogP contribution in [0.15, 0.2) is 18.5 Å². The first kappa shape index (κ1) is 15.3. The average Bonchev–Trinajstić information content (AvgIpc) is 2.88. The molecule has 2 rings (SSSR count). The van der Waals surface area contributed by atoms with Crippen molar-refractivity contribution in [3.63, 3.8) is 0 Å². The summed E-state index contributed by atoms with van der Waals surface area (Å²) in [6.45, 7) is 9.26. The molecule has 4 nitrogen and oxygen atoms in total. The summed E-state index contributed by atoms with van der Waals surface area (Å²) >= 11 is 0. The second-order valence-corrected chi connectivity index (χ2v) is 6.62. The van der Waals surface area contributed by atoms with Crippen LogP contribution in [0.2, 0.25) is 0 Å². The fraction of sp³-hybridized carbons (Fsp3) is 0.688. The lowest BCUT2D eigenvalue weighted by molar-refractivity contribution is 0.116. The maximum absolute atomic E-state index is 5.72. The molecule has 0 radical (unpaired) electrons. The lowest BCUT2D eigenvalue weighted by Crippen LogP contribution is -2.36. The number of aromatic nitrogens is 1. The number of pyridine rings is 1. The van der Waals surface area contributed by atoms with Gasteiger partial charge in [-0.25, -0.2) is 0 Å². The van der Waals surface area contributed by atoms with Crippen molar-refractivity contribution in [2.45, 2.75) is 51.8 Å². The van der Waals surface area contributed by atoms with Crippen LogP contribution < -0.4 is 10.2 Å². The zero-order valence-electron chi connectivity index (χ0n) is 13.1. The lowest BCUT2D eigenvalue weighted by Gasteiger charge is -2.26. The van der Waals surface area contributed by atoms with Crippen LogP contribution in [-0.4, -0.2) is 36.8 Å². The molecule has 20 heavy (non-hydrogen) atoms. The Morgan fingerprint density at radius 3 is 2.90 bits per heavy atom. The average molecular weight is 277 g/mol. The first-order chi connectivity index (χ1) is 9.46. The molecule has 0 aromatic carbocycles. The minimum Gasteiger partial charge on any atom is -0.376 e. The number of hydrogen-bond acceptors (Lipinski definition) is 4. The van der Waals surface area contributed by atoms with Crippen LogP contribution in [0.4, 0.5) is 5.69 Å². The zero-order valence-corrected chi connectivity index (χ0v) is 13.1. The molecule has 0 saturated carbocycles. The van der Waals surface area contributed by atoms with Gasteiger partial charge in [0, 0.05) is 38.5 Å². The molecule has 0 aliphatic carbocycles. The van der Waals surface area contributed by atoms with Crippen molar-refractivity contribution < 1.29 is 4.74 Å². The molecule has 2 heterocycles. The van der Waals surface area contributed by atoms with Crippen LogP contribution in [0.3, 0.4) is 0 Å². The molecule has 1 aliphatic heterocycles. The summed E-state index contributed by atoms with van der Waals surface area (Å²) in [5.41, 5.74) is 2.60. The Hall–Kier alpha value is -1.13. The molecular weight excluding hydrogens is 250 g/mol. The van der Waals surface area contributed by atoms with Crippen molar-refractivity contribution in [3.05, 3.63) is 24.0 Å². The normalized spacial score (nSPS) is 19.3. The van der Waals surface area contributed by atoms with E-state index in [1.807, 2.05) is 12.4 Å². The number of anilines is 1. The Balaban J connectivity index is 2.02. The van der Waals surface area contributed by atoms with E-state index in [0.717, 1.165) is 19.7 Å². The third-order valence-electron chi connectivity index (χ3n) is 3.61. The third kappa shape index (κ3) is 4.46. The maximum atomic E-state index is 5.72. The molecule has 0 bridgehead atoms. The lowest BCUT2D eigenvalue weighted by atomic mass is 10.1. The van der Waals surface area contributed by atoms with Crippen molar-refractivity contribution >= 4 is 5.69 Å². The fourth-order valence-corrected chi connectivity index (χ4v) is 2.46. The number of nitrogens with one attached hydrogen (secondary N) is 1. The third-order valence-corrected chi connectivity index (χ3v) is 3.61. The van der Waals surface area contributed by atoms with Gasteiger partial charge in [-0.2, -0.15) is 0 Å². The number of hydrogen-bond donors (Lipinski definition) is 1. The van der Waals surface area contributed by atoms with E-state index >= 15 is 0 Å². The minimum atomic E-state index is 0.119. The van der Waals surface area contributed by atoms with Crippen molar-refractivity contribution in [2.75, 3.05) is 25.1 Å². The van der Waals surface area contributed by atoms with Gasteiger partial charge in [0.2, 0.25) is 0 Å². The highest BCUT2D eigenvalue weighted by Crippen LogP contribution is 2.21. The van der Waals surface area contributed by atoms with Gasteiger partial charge >= 0.3 is 0 Å². The van der Waals surface area contributed by atoms with Gasteiger partial charge in [-0.15, -0.1) is 0 Å². The largest absolute Gasteiger partial charge is 0.376 e. The van der Waals surface area contributed by atoms with Crippen molar-refractivity contribution in [1.29, 1.82) is 0 Å². The van der Waals surface area contributed by atoms with Gasteiger partial charge < -0.3 is 15.0 Å². The maximum Gasteiger partial charge on any atom is 0.0750 e. The molecule has 1 atom stereocenters. The smallest absolute Gasteiger partial charge is 0.0750 e. The van der Waals surface area contributed by atoms with Gasteiger partial charge in [0.1, 0.15) is 0 Å². The molecule has 0 amide bonds. The Labute approximate surface area is 122 Å². The van der Waals surface area contributed by atoms with Gasteiger partial charge in [0.05, 0.1) is 18.0 Å². The standard InChI is InChI=1S/C16H27N3O/c1-16(2,3)18-10-13-7-8-17-11-15(13)19(4)12-14-6-5-9-20-14/h7-8,11,14,18H,5-6,9-10,12H2,1-4H3. The van der Waals surface area contributed by atoms with E-state index in [2.05, 4.69) is 49.1 Å². The number of ether oxygens (including phenoxy) is 1. The highest BCUT2D eigenvalue weighted by Gasteiger charge is 2.19. The monoisotopic (exact) mass is 277 g/mol. The predicted molar refractivity (Wildman–Crippen MR) is 83.1 cm³/mol. The molecule has 1 unspecified atom stereocenters. The van der Waals surface area contributed by atoms with Gasteiger partial charge in [0.15, 0.2) is 0 Å². The topological polar surface area (TPSA) is 37.4 Å². The second-order valence-electron chi connectivity index (χ2n) is 6.62. The first-order valence-electron chi connectivity index (χ1n) is 7.46. The quantitative estimate of drug-likeness (QED) is 0.897. The molecule has 0 spiro atoms. The van der Waals surface area contributed by atoms with Crippen LogP contribution in [0.25, 0.3) is 0 Å². The predicted octanol–water partition coefficient (Wildman–Crippen LogP) is 2.58. The summed E-state index contributed by atoms with van der Waals surface area (Å²) in [6.07, 6.45) is 6.53. The van der Waals surface area contributed by atoms with Crippen molar-refractivity contribution in [2.24, 2.45) is 0 Å². The molecule has 4 heteroatoms. The van der Waals surface area contributed by atoms with Gasteiger partial charge in [0.25, 0.3) is 0 Å². The van der Waals surface area contributed by atoms with Crippen LogP contribution in [0, 0.1) is 0 Å².